The molecule has 0 aromatic heterocycles. The van der Waals surface area contributed by atoms with Crippen LogP contribution in [0.5, 0.6) is 0 Å². The van der Waals surface area contributed by atoms with E-state index in [2.05, 4.69) is 13.5 Å². The number of rotatable bonds is 2. The molecule has 0 bridgehead atoms. The first-order valence-electron chi connectivity index (χ1n) is 5.76. The summed E-state index contributed by atoms with van der Waals surface area (Å²) in [6, 6.07) is 0. The molecule has 0 radical (unpaired) electrons. The lowest BCUT2D eigenvalue weighted by molar-refractivity contribution is 0.721. The maximum absolute atomic E-state index is 14.8. The number of halogens is 4. The molecule has 0 N–H and O–H groups in total. The Balaban J connectivity index is 2.20. The second-order valence-corrected chi connectivity index (χ2v) is 10.7. The average molecular weight is 341 g/mol. The molecule has 3 rings (SSSR count). The highest BCUT2D eigenvalue weighted by Gasteiger charge is 2.42. The first-order valence-corrected chi connectivity index (χ1v) is 10.4. The molecule has 0 saturated carbocycles. The monoisotopic (exact) mass is 341 g/mol. The molecular formula is C10H10F4N3P3. The third-order valence-electron chi connectivity index (χ3n) is 2.92. The van der Waals surface area contributed by atoms with Crippen LogP contribution in [0.25, 0.3) is 0 Å². The van der Waals surface area contributed by atoms with Gasteiger partial charge in [-0.1, -0.05) is 36.5 Å². The van der Waals surface area contributed by atoms with Gasteiger partial charge in [0.1, 0.15) is 0 Å². The van der Waals surface area contributed by atoms with E-state index in [0.29, 0.717) is 0 Å². The summed E-state index contributed by atoms with van der Waals surface area (Å²) in [6.45, 7) is 0. The largest absolute Gasteiger partial charge is 0.421 e. The standard InChI is InChI=1S/C10H10F4N3P3/c11-18(9-5-1-2-6-9)15-19(12,10-7-3-4-8-10)17-20(13,14)16-18/h1-5,7H,6,8H2. The molecule has 2 atom stereocenters. The minimum atomic E-state index is -5.32. The van der Waals surface area contributed by atoms with Gasteiger partial charge in [-0.05, 0) is 12.8 Å². The summed E-state index contributed by atoms with van der Waals surface area (Å²) in [7, 11) is -14.0. The van der Waals surface area contributed by atoms with Crippen LogP contribution in [-0.4, -0.2) is 0 Å². The minimum absolute atomic E-state index is 0.0423. The van der Waals surface area contributed by atoms with Gasteiger partial charge in [-0.2, -0.15) is 21.9 Å². The van der Waals surface area contributed by atoms with Crippen molar-refractivity contribution >= 4 is 22.9 Å². The van der Waals surface area contributed by atoms with Gasteiger partial charge in [0.25, 0.3) is 15.0 Å². The molecule has 1 heterocycles. The first-order chi connectivity index (χ1) is 9.33. The van der Waals surface area contributed by atoms with Crippen LogP contribution in [0, 0.1) is 0 Å². The maximum Gasteiger partial charge on any atom is 0.421 e. The van der Waals surface area contributed by atoms with Crippen molar-refractivity contribution in [2.45, 2.75) is 12.8 Å². The molecule has 1 aliphatic heterocycles. The predicted molar refractivity (Wildman–Crippen MR) is 76.2 cm³/mol. The van der Waals surface area contributed by atoms with Gasteiger partial charge >= 0.3 is 7.83 Å². The predicted octanol–water partition coefficient (Wildman–Crippen LogP) is 7.57. The topological polar surface area (TPSA) is 37.1 Å². The fourth-order valence-corrected chi connectivity index (χ4v) is 10.0. The first kappa shape index (κ1) is 14.3. The summed E-state index contributed by atoms with van der Waals surface area (Å²) in [4.78, 5) is 0. The van der Waals surface area contributed by atoms with Crippen LogP contribution >= 0.6 is 22.9 Å². The van der Waals surface area contributed by atoms with Crippen molar-refractivity contribution in [3.63, 3.8) is 0 Å². The van der Waals surface area contributed by atoms with Crippen LogP contribution < -0.4 is 0 Å². The average Bonchev–Trinajstić information content (AvgIpc) is 3.01. The second kappa shape index (κ2) is 4.69. The number of hydrogen-bond donors (Lipinski definition) is 0. The number of hydrogen-bond acceptors (Lipinski definition) is 3. The molecule has 2 unspecified atom stereocenters. The van der Waals surface area contributed by atoms with Crippen LogP contribution in [0.3, 0.4) is 0 Å². The Morgan fingerprint density at radius 1 is 0.750 bits per heavy atom. The van der Waals surface area contributed by atoms with Crippen LogP contribution in [0.4, 0.5) is 16.8 Å². The Hall–Kier alpha value is -0.630. The fraction of sp³-hybridized carbons (Fsp3) is 0.200. The summed E-state index contributed by atoms with van der Waals surface area (Å²) in [5, 5.41) is 0.0845. The van der Waals surface area contributed by atoms with Crippen LogP contribution in [0.15, 0.2) is 60.6 Å². The summed E-state index contributed by atoms with van der Waals surface area (Å²) >= 11 is 0. The highest BCUT2D eigenvalue weighted by atomic mass is 31.3. The van der Waals surface area contributed by atoms with Gasteiger partial charge in [0.2, 0.25) is 0 Å². The van der Waals surface area contributed by atoms with Crippen molar-refractivity contribution in [3.05, 3.63) is 47.1 Å². The highest BCUT2D eigenvalue weighted by molar-refractivity contribution is 7.84. The van der Waals surface area contributed by atoms with Crippen molar-refractivity contribution in [1.29, 1.82) is 0 Å². The van der Waals surface area contributed by atoms with E-state index in [1.807, 2.05) is 0 Å². The molecule has 3 aliphatic rings. The van der Waals surface area contributed by atoms with Crippen molar-refractivity contribution in [2.24, 2.45) is 13.5 Å². The zero-order valence-corrected chi connectivity index (χ0v) is 12.8. The smallest absolute Gasteiger partial charge is 0.178 e. The van der Waals surface area contributed by atoms with Gasteiger partial charge in [-0.25, -0.2) is 0 Å². The Kier molecular flexibility index (Phi) is 3.36. The summed E-state index contributed by atoms with van der Waals surface area (Å²) in [6.07, 6.45) is 9.31. The van der Waals surface area contributed by atoms with Gasteiger partial charge in [-0.3, -0.25) is 0 Å². The molecule has 10 heteroatoms. The SMILES string of the molecule is FP1(F)=NP(F)(C2=CC=CC2)=NP(F)(C2=CC=CC2)=N1. The molecule has 0 saturated heterocycles. The lowest BCUT2D eigenvalue weighted by Gasteiger charge is -2.22. The minimum Gasteiger partial charge on any atom is -0.178 e. The molecule has 20 heavy (non-hydrogen) atoms. The lowest BCUT2D eigenvalue weighted by Crippen LogP contribution is -1.84. The van der Waals surface area contributed by atoms with Gasteiger partial charge < -0.3 is 0 Å². The molecular weight excluding hydrogens is 331 g/mol. The Bertz CT molecular complexity index is 718. The highest BCUT2D eigenvalue weighted by Crippen LogP contribution is 2.85. The summed E-state index contributed by atoms with van der Waals surface area (Å²) < 4.78 is 66.4. The Morgan fingerprint density at radius 3 is 1.70 bits per heavy atom. The van der Waals surface area contributed by atoms with E-state index in [0.717, 1.165) is 0 Å². The van der Waals surface area contributed by atoms with Crippen molar-refractivity contribution < 1.29 is 16.8 Å². The Morgan fingerprint density at radius 2 is 1.25 bits per heavy atom. The van der Waals surface area contributed by atoms with Gasteiger partial charge in [0.05, 0.1) is 0 Å². The van der Waals surface area contributed by atoms with E-state index in [-0.39, 0.29) is 23.5 Å². The molecule has 0 amide bonds. The van der Waals surface area contributed by atoms with E-state index in [4.69, 9.17) is 0 Å². The number of nitrogens with zero attached hydrogens (tertiary/aromatic N) is 3. The maximum atomic E-state index is 14.8. The van der Waals surface area contributed by atoms with Crippen LogP contribution in [-0.2, 0) is 0 Å². The van der Waals surface area contributed by atoms with E-state index in [9.17, 15) is 16.8 Å². The summed E-state index contributed by atoms with van der Waals surface area (Å²) in [5.41, 5.74) is 0. The second-order valence-electron chi connectivity index (χ2n) is 4.35. The number of allylic oxidation sites excluding steroid dienone is 8. The molecule has 2 aliphatic carbocycles. The van der Waals surface area contributed by atoms with Gasteiger partial charge in [0, 0.05) is 10.6 Å². The normalized spacial score (nSPS) is 37.8. The van der Waals surface area contributed by atoms with Crippen molar-refractivity contribution in [2.75, 3.05) is 0 Å². The zero-order valence-electron chi connectivity index (χ0n) is 10.1. The van der Waals surface area contributed by atoms with Crippen LogP contribution in [0.1, 0.15) is 12.8 Å². The molecule has 0 fully saturated rings. The molecule has 0 aromatic carbocycles. The molecule has 3 nitrogen and oxygen atoms in total. The third-order valence-corrected chi connectivity index (χ3v) is 10.6. The lowest BCUT2D eigenvalue weighted by atomic mass is 10.5. The molecule has 0 spiro atoms. The van der Waals surface area contributed by atoms with Crippen molar-refractivity contribution in [3.8, 4) is 0 Å². The van der Waals surface area contributed by atoms with E-state index in [1.165, 1.54) is 12.2 Å². The van der Waals surface area contributed by atoms with Gasteiger partial charge in [-0.15, -0.1) is 8.39 Å². The molecule has 108 valence electrons. The fourth-order valence-electron chi connectivity index (χ4n) is 2.02. The third kappa shape index (κ3) is 2.47. The van der Waals surface area contributed by atoms with Crippen LogP contribution in [0.2, 0.25) is 0 Å². The van der Waals surface area contributed by atoms with E-state index >= 15 is 0 Å². The quantitative estimate of drug-likeness (QED) is 0.367. The van der Waals surface area contributed by atoms with E-state index in [1.54, 1.807) is 24.3 Å². The molecule has 0 aromatic rings. The van der Waals surface area contributed by atoms with Gasteiger partial charge in [0.15, 0.2) is 0 Å². The van der Waals surface area contributed by atoms with E-state index < -0.39 is 22.9 Å². The zero-order chi connectivity index (χ0) is 14.4. The van der Waals surface area contributed by atoms with Crippen molar-refractivity contribution in [1.82, 2.24) is 0 Å². The Labute approximate surface area is 114 Å². The summed E-state index contributed by atoms with van der Waals surface area (Å²) in [5.74, 6) is 0.